The third-order valence-electron chi connectivity index (χ3n) is 4.92. The van der Waals surface area contributed by atoms with Gasteiger partial charge in [-0.25, -0.2) is 0 Å². The van der Waals surface area contributed by atoms with Crippen LogP contribution in [0.3, 0.4) is 0 Å². The molecule has 2 heterocycles. The molecule has 2 aromatic carbocycles. The maximum absolute atomic E-state index is 13.1. The first-order chi connectivity index (χ1) is 13.4. The van der Waals surface area contributed by atoms with Crippen molar-refractivity contribution in [2.45, 2.75) is 33.7 Å². The molecular formula is C22H22N2O4. The molecule has 0 bridgehead atoms. The number of rotatable bonds is 4. The van der Waals surface area contributed by atoms with Gasteiger partial charge in [0.05, 0.1) is 5.57 Å². The zero-order chi connectivity index (χ0) is 20.0. The van der Waals surface area contributed by atoms with Gasteiger partial charge in [0.2, 0.25) is 6.79 Å². The van der Waals surface area contributed by atoms with E-state index < -0.39 is 0 Å². The van der Waals surface area contributed by atoms with Gasteiger partial charge >= 0.3 is 0 Å². The van der Waals surface area contributed by atoms with E-state index in [0.717, 1.165) is 16.7 Å². The first-order valence-corrected chi connectivity index (χ1v) is 9.23. The van der Waals surface area contributed by atoms with Crippen LogP contribution in [0.25, 0.3) is 5.57 Å². The van der Waals surface area contributed by atoms with E-state index >= 15 is 0 Å². The lowest BCUT2D eigenvalue weighted by Gasteiger charge is -2.19. The minimum absolute atomic E-state index is 0.174. The second-order valence-electron chi connectivity index (χ2n) is 7.34. The molecule has 2 aliphatic rings. The second-order valence-corrected chi connectivity index (χ2v) is 7.34. The summed E-state index contributed by atoms with van der Waals surface area (Å²) in [6, 6.07) is 11.0. The van der Waals surface area contributed by atoms with Gasteiger partial charge in [-0.15, -0.1) is 0 Å². The molecule has 6 nitrogen and oxygen atoms in total. The standard InChI is InChI=1S/C22H22N2O4/c1-12(2)24-21(25)19(16-7-5-13(3)9-14(16)4)20(22(24)26)23-15-6-8-17-18(10-15)28-11-27-17/h5-10,12,23H,11H2,1-4H3. The summed E-state index contributed by atoms with van der Waals surface area (Å²) in [4.78, 5) is 27.5. The molecule has 4 rings (SSSR count). The molecule has 2 aliphatic heterocycles. The van der Waals surface area contributed by atoms with Gasteiger partial charge < -0.3 is 14.8 Å². The van der Waals surface area contributed by atoms with Crippen LogP contribution in [0.15, 0.2) is 42.1 Å². The molecule has 2 amide bonds. The fourth-order valence-corrected chi connectivity index (χ4v) is 3.59. The second kappa shape index (κ2) is 6.71. The van der Waals surface area contributed by atoms with Crippen molar-refractivity contribution < 1.29 is 19.1 Å². The van der Waals surface area contributed by atoms with E-state index in [1.165, 1.54) is 4.90 Å². The van der Waals surface area contributed by atoms with Gasteiger partial charge in [-0.05, 0) is 51.0 Å². The Morgan fingerprint density at radius 2 is 1.71 bits per heavy atom. The number of fused-ring (bicyclic) bond motifs is 1. The molecular weight excluding hydrogens is 356 g/mol. The van der Waals surface area contributed by atoms with E-state index in [0.29, 0.717) is 22.8 Å². The largest absolute Gasteiger partial charge is 0.454 e. The van der Waals surface area contributed by atoms with Gasteiger partial charge in [0.25, 0.3) is 11.8 Å². The Kier molecular flexibility index (Phi) is 4.34. The van der Waals surface area contributed by atoms with Crippen molar-refractivity contribution in [3.8, 4) is 11.5 Å². The predicted octanol–water partition coefficient (Wildman–Crippen LogP) is 3.63. The molecule has 0 atom stereocenters. The van der Waals surface area contributed by atoms with Crippen molar-refractivity contribution in [1.29, 1.82) is 0 Å². The first-order valence-electron chi connectivity index (χ1n) is 9.23. The monoisotopic (exact) mass is 378 g/mol. The summed E-state index contributed by atoms with van der Waals surface area (Å²) in [6.45, 7) is 7.79. The van der Waals surface area contributed by atoms with Gasteiger partial charge in [0, 0.05) is 17.8 Å². The van der Waals surface area contributed by atoms with E-state index in [-0.39, 0.29) is 30.3 Å². The van der Waals surface area contributed by atoms with Crippen LogP contribution in [-0.4, -0.2) is 29.5 Å². The predicted molar refractivity (Wildman–Crippen MR) is 106 cm³/mol. The number of benzene rings is 2. The molecule has 144 valence electrons. The number of carbonyl (C=O) groups excluding carboxylic acids is 2. The SMILES string of the molecule is Cc1ccc(C2=C(Nc3ccc4c(c3)OCO4)C(=O)N(C(C)C)C2=O)c(C)c1. The lowest BCUT2D eigenvalue weighted by Crippen LogP contribution is -2.38. The Hall–Kier alpha value is -3.28. The van der Waals surface area contributed by atoms with Gasteiger partial charge in [0.1, 0.15) is 5.70 Å². The van der Waals surface area contributed by atoms with Crippen molar-refractivity contribution in [2.75, 3.05) is 12.1 Å². The molecule has 2 aromatic rings. The third-order valence-corrected chi connectivity index (χ3v) is 4.92. The fraction of sp³-hybridized carbons (Fsp3) is 0.273. The molecule has 0 spiro atoms. The zero-order valence-corrected chi connectivity index (χ0v) is 16.3. The average Bonchev–Trinajstić information content (AvgIpc) is 3.18. The molecule has 0 unspecified atom stereocenters. The Morgan fingerprint density at radius 3 is 2.43 bits per heavy atom. The van der Waals surface area contributed by atoms with Crippen LogP contribution in [0.4, 0.5) is 5.69 Å². The number of aryl methyl sites for hydroxylation is 2. The van der Waals surface area contributed by atoms with E-state index in [1.807, 2.05) is 45.9 Å². The van der Waals surface area contributed by atoms with E-state index in [2.05, 4.69) is 5.32 Å². The quantitative estimate of drug-likeness (QED) is 0.823. The number of hydrogen-bond donors (Lipinski definition) is 1. The Morgan fingerprint density at radius 1 is 0.964 bits per heavy atom. The van der Waals surface area contributed by atoms with Crippen LogP contribution < -0.4 is 14.8 Å². The summed E-state index contributed by atoms with van der Waals surface area (Å²) in [6.07, 6.45) is 0. The van der Waals surface area contributed by atoms with Crippen LogP contribution in [0.1, 0.15) is 30.5 Å². The molecule has 0 aromatic heterocycles. The zero-order valence-electron chi connectivity index (χ0n) is 16.3. The number of carbonyl (C=O) groups is 2. The molecule has 6 heteroatoms. The van der Waals surface area contributed by atoms with Crippen molar-refractivity contribution in [3.63, 3.8) is 0 Å². The normalized spacial score (nSPS) is 15.8. The minimum Gasteiger partial charge on any atom is -0.454 e. The molecule has 1 N–H and O–H groups in total. The summed E-state index contributed by atoms with van der Waals surface area (Å²) in [7, 11) is 0. The maximum atomic E-state index is 13.1. The van der Waals surface area contributed by atoms with Crippen LogP contribution in [0, 0.1) is 13.8 Å². The molecule has 0 aliphatic carbocycles. The molecule has 0 saturated heterocycles. The van der Waals surface area contributed by atoms with Gasteiger partial charge in [-0.3, -0.25) is 14.5 Å². The lowest BCUT2D eigenvalue weighted by molar-refractivity contribution is -0.138. The van der Waals surface area contributed by atoms with Crippen molar-refractivity contribution in [1.82, 2.24) is 4.90 Å². The number of imide groups is 1. The van der Waals surface area contributed by atoms with Crippen LogP contribution in [0.5, 0.6) is 11.5 Å². The summed E-state index contributed by atoms with van der Waals surface area (Å²) >= 11 is 0. The molecule has 0 saturated carbocycles. The Bertz CT molecular complexity index is 1020. The molecule has 0 radical (unpaired) electrons. The van der Waals surface area contributed by atoms with Crippen LogP contribution in [-0.2, 0) is 9.59 Å². The highest BCUT2D eigenvalue weighted by Crippen LogP contribution is 2.37. The molecule has 0 fully saturated rings. The first kappa shape index (κ1) is 18.1. The fourth-order valence-electron chi connectivity index (χ4n) is 3.59. The van der Waals surface area contributed by atoms with Gasteiger partial charge in [0.15, 0.2) is 11.5 Å². The number of nitrogens with zero attached hydrogens (tertiary/aromatic N) is 1. The Balaban J connectivity index is 1.81. The average molecular weight is 378 g/mol. The summed E-state index contributed by atoms with van der Waals surface area (Å²) in [5, 5.41) is 3.16. The lowest BCUT2D eigenvalue weighted by atomic mass is 9.97. The highest BCUT2D eigenvalue weighted by atomic mass is 16.7. The smallest absolute Gasteiger partial charge is 0.278 e. The Labute approximate surface area is 163 Å². The van der Waals surface area contributed by atoms with Crippen molar-refractivity contribution >= 4 is 23.1 Å². The number of ether oxygens (including phenoxy) is 2. The molecule has 28 heavy (non-hydrogen) atoms. The number of anilines is 1. The summed E-state index contributed by atoms with van der Waals surface area (Å²) in [5.74, 6) is 0.658. The van der Waals surface area contributed by atoms with Gasteiger partial charge in [-0.1, -0.05) is 23.8 Å². The van der Waals surface area contributed by atoms with E-state index in [9.17, 15) is 9.59 Å². The van der Waals surface area contributed by atoms with Gasteiger partial charge in [-0.2, -0.15) is 0 Å². The minimum atomic E-state index is -0.326. The van der Waals surface area contributed by atoms with Crippen molar-refractivity contribution in [3.05, 3.63) is 58.8 Å². The topological polar surface area (TPSA) is 67.9 Å². The van der Waals surface area contributed by atoms with E-state index in [4.69, 9.17) is 9.47 Å². The summed E-state index contributed by atoms with van der Waals surface area (Å²) < 4.78 is 10.8. The number of nitrogens with one attached hydrogen (secondary N) is 1. The number of amides is 2. The number of hydrogen-bond acceptors (Lipinski definition) is 5. The van der Waals surface area contributed by atoms with Crippen LogP contribution in [0.2, 0.25) is 0 Å². The highest BCUT2D eigenvalue weighted by molar-refractivity contribution is 6.36. The highest BCUT2D eigenvalue weighted by Gasteiger charge is 2.41. The van der Waals surface area contributed by atoms with E-state index in [1.54, 1.807) is 18.2 Å². The van der Waals surface area contributed by atoms with Crippen molar-refractivity contribution in [2.24, 2.45) is 0 Å². The third kappa shape index (κ3) is 2.91. The van der Waals surface area contributed by atoms with Crippen LogP contribution >= 0.6 is 0 Å². The maximum Gasteiger partial charge on any atom is 0.278 e. The summed E-state index contributed by atoms with van der Waals surface area (Å²) in [5.41, 5.74) is 4.15.